The van der Waals surface area contributed by atoms with Gasteiger partial charge in [-0.05, 0) is 73.8 Å². The molecule has 3 fully saturated rings. The number of rotatable bonds is 8. The molecule has 38 heavy (non-hydrogen) atoms. The average Bonchev–Trinajstić information content (AvgIpc) is 3.84. The number of piperidine rings is 1. The number of halogens is 2. The van der Waals surface area contributed by atoms with Crippen LogP contribution in [-0.2, 0) is 10.3 Å². The van der Waals surface area contributed by atoms with E-state index in [1.165, 1.54) is 25.0 Å². The summed E-state index contributed by atoms with van der Waals surface area (Å²) in [6.45, 7) is 2.33. The van der Waals surface area contributed by atoms with Crippen LogP contribution in [0, 0.1) is 23.5 Å². The highest BCUT2D eigenvalue weighted by Crippen LogP contribution is 2.44. The van der Waals surface area contributed by atoms with Crippen molar-refractivity contribution < 1.29 is 18.4 Å². The van der Waals surface area contributed by atoms with E-state index in [9.17, 15) is 18.4 Å². The maximum atomic E-state index is 14.2. The quantitative estimate of drug-likeness (QED) is 0.455. The molecule has 2 N–H and O–H groups in total. The molecule has 3 aliphatic rings. The molecule has 0 bridgehead atoms. The summed E-state index contributed by atoms with van der Waals surface area (Å²) >= 11 is 0.948. The number of amides is 2. The average molecular weight is 539 g/mol. The lowest BCUT2D eigenvalue weighted by Crippen LogP contribution is -2.57. The maximum absolute atomic E-state index is 14.2. The van der Waals surface area contributed by atoms with Gasteiger partial charge in [0.05, 0.1) is 17.2 Å². The fraction of sp³-hybridized carbons (Fsp3) is 0.444. The molecule has 0 radical (unpaired) electrons. The zero-order valence-electron chi connectivity index (χ0n) is 20.7. The molecule has 1 aliphatic heterocycles. The predicted octanol–water partition coefficient (Wildman–Crippen LogP) is 3.51. The number of carbonyl (C=O) groups excluding carboxylic acids is 2. The predicted molar refractivity (Wildman–Crippen MR) is 137 cm³/mol. The van der Waals surface area contributed by atoms with Crippen LogP contribution in [-0.4, -0.2) is 56.7 Å². The van der Waals surface area contributed by atoms with Gasteiger partial charge < -0.3 is 15.5 Å². The Labute approximate surface area is 223 Å². The first-order chi connectivity index (χ1) is 18.4. The molecule has 1 saturated heterocycles. The topological polar surface area (TPSA) is 100 Å². The summed E-state index contributed by atoms with van der Waals surface area (Å²) < 4.78 is 31.7. The zero-order chi connectivity index (χ0) is 26.3. The van der Waals surface area contributed by atoms with Crippen molar-refractivity contribution in [1.82, 2.24) is 29.9 Å². The second-order valence-electron chi connectivity index (χ2n) is 10.5. The summed E-state index contributed by atoms with van der Waals surface area (Å²) in [5.74, 6) is -1.01. The van der Waals surface area contributed by atoms with Crippen LogP contribution in [0.4, 0.5) is 8.78 Å². The molecule has 3 heterocycles. The third-order valence-electron chi connectivity index (χ3n) is 7.61. The molecular weight excluding hydrogens is 510 g/mol. The molecule has 198 valence electrons. The van der Waals surface area contributed by atoms with E-state index in [1.807, 2.05) is 0 Å². The maximum Gasteiger partial charge on any atom is 0.263 e. The lowest BCUT2D eigenvalue weighted by molar-refractivity contribution is -0.128. The molecule has 2 aliphatic carbocycles. The van der Waals surface area contributed by atoms with Gasteiger partial charge in [-0.15, -0.1) is 0 Å². The molecule has 0 spiro atoms. The summed E-state index contributed by atoms with van der Waals surface area (Å²) in [6.07, 6.45) is 8.01. The number of carbonyl (C=O) groups is 2. The first kappa shape index (κ1) is 25.0. The van der Waals surface area contributed by atoms with Gasteiger partial charge in [-0.25, -0.2) is 18.7 Å². The largest absolute Gasteiger partial charge is 0.348 e. The highest BCUT2D eigenvalue weighted by molar-refractivity contribution is 7.08. The van der Waals surface area contributed by atoms with Crippen molar-refractivity contribution in [1.29, 1.82) is 0 Å². The van der Waals surface area contributed by atoms with E-state index in [0.717, 1.165) is 49.6 Å². The normalized spacial score (nSPS) is 22.6. The van der Waals surface area contributed by atoms with Crippen molar-refractivity contribution in [2.75, 3.05) is 19.6 Å². The first-order valence-electron chi connectivity index (χ1n) is 12.9. The van der Waals surface area contributed by atoms with Crippen molar-refractivity contribution in [3.05, 3.63) is 65.1 Å². The molecule has 11 heteroatoms. The monoisotopic (exact) mass is 538 g/mol. The highest BCUT2D eigenvalue weighted by Gasteiger charge is 2.50. The van der Waals surface area contributed by atoms with E-state index in [-0.39, 0.29) is 29.1 Å². The van der Waals surface area contributed by atoms with Gasteiger partial charge in [0.2, 0.25) is 5.91 Å². The second kappa shape index (κ2) is 10.1. The second-order valence-corrected chi connectivity index (χ2v) is 11.3. The summed E-state index contributed by atoms with van der Waals surface area (Å²) in [7, 11) is 0. The minimum Gasteiger partial charge on any atom is -0.348 e. The van der Waals surface area contributed by atoms with Crippen molar-refractivity contribution in [3.63, 3.8) is 0 Å². The lowest BCUT2D eigenvalue weighted by Gasteiger charge is -2.38. The Hall–Kier alpha value is -3.31. The van der Waals surface area contributed by atoms with Crippen molar-refractivity contribution in [3.8, 4) is 11.3 Å². The van der Waals surface area contributed by atoms with Crippen LogP contribution in [0.1, 0.15) is 47.6 Å². The number of likely N-dealkylation sites (tertiary alicyclic amines) is 1. The fourth-order valence-electron chi connectivity index (χ4n) is 5.14. The Bertz CT molecular complexity index is 1340. The Balaban J connectivity index is 1.17. The summed E-state index contributed by atoms with van der Waals surface area (Å²) in [6, 6.07) is 6.14. The lowest BCUT2D eigenvalue weighted by atomic mass is 9.90. The van der Waals surface area contributed by atoms with Gasteiger partial charge in [0.15, 0.2) is 5.82 Å². The van der Waals surface area contributed by atoms with Gasteiger partial charge in [-0.3, -0.25) is 9.59 Å². The Morgan fingerprint density at radius 2 is 1.89 bits per heavy atom. The van der Waals surface area contributed by atoms with Crippen molar-refractivity contribution in [2.24, 2.45) is 11.8 Å². The van der Waals surface area contributed by atoms with Gasteiger partial charge in [0.1, 0.15) is 16.5 Å². The molecular formula is C27H28F2N6O2S. The van der Waals surface area contributed by atoms with E-state index < -0.39 is 23.1 Å². The number of nitrogens with zero attached hydrogens (tertiary/aromatic N) is 4. The number of hydrogen-bond donors (Lipinski definition) is 2. The smallest absolute Gasteiger partial charge is 0.263 e. The number of nitrogens with one attached hydrogen (secondary N) is 2. The summed E-state index contributed by atoms with van der Waals surface area (Å²) in [4.78, 5) is 38.2. The van der Waals surface area contributed by atoms with Crippen LogP contribution >= 0.6 is 11.5 Å². The van der Waals surface area contributed by atoms with Crippen LogP contribution in [0.15, 0.2) is 42.7 Å². The Morgan fingerprint density at radius 1 is 1.11 bits per heavy atom. The fourth-order valence-corrected chi connectivity index (χ4v) is 5.79. The Kier molecular flexibility index (Phi) is 6.65. The molecule has 2 saturated carbocycles. The number of benzene rings is 1. The molecule has 0 unspecified atom stereocenters. The van der Waals surface area contributed by atoms with Gasteiger partial charge in [-0.1, -0.05) is 0 Å². The third-order valence-corrected chi connectivity index (χ3v) is 8.40. The van der Waals surface area contributed by atoms with E-state index >= 15 is 0 Å². The van der Waals surface area contributed by atoms with Crippen LogP contribution in [0.25, 0.3) is 11.3 Å². The van der Waals surface area contributed by atoms with Gasteiger partial charge in [0, 0.05) is 49.7 Å². The number of hydrogen-bond acceptors (Lipinski definition) is 7. The summed E-state index contributed by atoms with van der Waals surface area (Å²) in [5.41, 5.74) is -0.146. The van der Waals surface area contributed by atoms with E-state index in [4.69, 9.17) is 0 Å². The molecule has 8 nitrogen and oxygen atoms in total. The van der Waals surface area contributed by atoms with E-state index in [1.54, 1.807) is 18.5 Å². The summed E-state index contributed by atoms with van der Waals surface area (Å²) in [5, 5.41) is 6.25. The molecule has 2 amide bonds. The van der Waals surface area contributed by atoms with Crippen molar-refractivity contribution in [2.45, 2.75) is 43.7 Å². The molecule has 2 atom stereocenters. The van der Waals surface area contributed by atoms with Crippen LogP contribution in [0.3, 0.4) is 0 Å². The van der Waals surface area contributed by atoms with Crippen LogP contribution < -0.4 is 10.6 Å². The zero-order valence-corrected chi connectivity index (χ0v) is 21.5. The third kappa shape index (κ3) is 5.30. The van der Waals surface area contributed by atoms with E-state index in [0.29, 0.717) is 29.6 Å². The van der Waals surface area contributed by atoms with Gasteiger partial charge in [-0.2, -0.15) is 4.37 Å². The molecule has 6 rings (SSSR count). The molecule has 3 aromatic rings. The van der Waals surface area contributed by atoms with Crippen LogP contribution in [0.2, 0.25) is 0 Å². The minimum absolute atomic E-state index is 0.112. The SMILES string of the molecule is O=C(N[C@H]1CCN(CC2CC2)C[C@@H]1C(=O)NC1(c2ncccn2)CC1)c1cc(-c2ccc(F)cc2F)ns1. The van der Waals surface area contributed by atoms with Gasteiger partial charge in [0.25, 0.3) is 5.91 Å². The minimum atomic E-state index is -0.738. The number of aromatic nitrogens is 3. The van der Waals surface area contributed by atoms with Crippen molar-refractivity contribution >= 4 is 23.3 Å². The standard InChI is InChI=1S/C27H28F2N6O2S/c28-17-4-5-18(20(29)12-17)22-13-23(38-34-22)25(37)32-21-6-11-35(14-16-2-3-16)15-19(21)24(36)33-27(7-8-27)26-30-9-1-10-31-26/h1,4-5,9-10,12-13,16,19,21H,2-3,6-8,11,14-15H2,(H,32,37)(H,33,36)/t19-,21-/m0/s1. The highest BCUT2D eigenvalue weighted by atomic mass is 32.1. The molecule has 2 aromatic heterocycles. The van der Waals surface area contributed by atoms with Crippen LogP contribution in [0.5, 0.6) is 0 Å². The Morgan fingerprint density at radius 3 is 2.61 bits per heavy atom. The first-order valence-corrected chi connectivity index (χ1v) is 13.7. The molecule has 1 aromatic carbocycles. The van der Waals surface area contributed by atoms with E-state index in [2.05, 4.69) is 29.9 Å². The van der Waals surface area contributed by atoms with Gasteiger partial charge >= 0.3 is 0 Å².